The number of nitrogens with one attached hydrogen (secondary N) is 8. The number of rotatable bonds is 16. The van der Waals surface area contributed by atoms with Gasteiger partial charge in [-0.15, -0.1) is 40.8 Å². The summed E-state index contributed by atoms with van der Waals surface area (Å²) in [6.45, 7) is 4.28. The van der Waals surface area contributed by atoms with E-state index in [2.05, 4.69) is 142 Å². The number of carbonyl (C=O) groups excluding carboxylic acids is 4. The Morgan fingerprint density at radius 3 is 0.926 bits per heavy atom. The van der Waals surface area contributed by atoms with Gasteiger partial charge in [0.2, 0.25) is 0 Å². The zero-order chi connectivity index (χ0) is 67.8. The third kappa shape index (κ3) is 16.4. The van der Waals surface area contributed by atoms with E-state index in [-0.39, 0.29) is 50.8 Å². The molecule has 6 aromatic carbocycles. The average molecular weight is 1530 g/mol. The zero-order valence-electron chi connectivity index (χ0n) is 53.1. The first-order chi connectivity index (χ1) is 44.9. The topological polar surface area (TPSA) is 336 Å². The molecule has 2 atom stereocenters. The molecular weight excluding hydrogens is 1460 g/mol. The van der Waals surface area contributed by atoms with Gasteiger partial charge in [0, 0.05) is 95.6 Å². The van der Waals surface area contributed by atoms with E-state index >= 15 is 0 Å². The lowest BCUT2D eigenvalue weighted by Crippen LogP contribution is -2.25. The standard InChI is InChI=1S/C22H24N4O3S.C18H18N4O3S.C15H17IN4O.C11H11IN4O/c1-13(14-4-5-14)24-20-18-11-8-16(12-19(18)25-26-21(20)22(27)23-2)15-6-9-17(10-7-15)30(3,28)29;1-19-16-14-9-6-12(10-15(14)21-22-17(16)18(23)20-2)11-4-7-13(8-5-11)26(3,24)25;1-8(9-3-4-9)18-13-11-6-5-10(16)7-12(11)19-20-14(13)15(21)17-2;1-13-9-7-4-3-6(12)5-8(7)15-16-10(9)11(17)14-2/h6-14H,4-5H2,1-3H3,(H,23,27)(H,24,25);4-10H,1-3H3,(H,19,21)(H,20,23);5-9H,3-4H2,1-2H3,(H,17,21)(H,18,19);3-5H,1-2H3,(H,13,15)(H,14,17)/t13-;;8-;/m1.1./s1. The molecule has 0 saturated heterocycles. The summed E-state index contributed by atoms with van der Waals surface area (Å²) in [7, 11) is 3.31. The number of hydrogen-bond donors (Lipinski definition) is 8. The van der Waals surface area contributed by atoms with Crippen LogP contribution in [0.25, 0.3) is 65.9 Å². The highest BCUT2D eigenvalue weighted by Crippen LogP contribution is 2.38. The number of halogens is 2. The minimum atomic E-state index is -3.24. The molecule has 24 nitrogen and oxygen atoms in total. The van der Waals surface area contributed by atoms with E-state index in [4.69, 9.17) is 0 Å². The van der Waals surface area contributed by atoms with Gasteiger partial charge in [0.1, 0.15) is 0 Å². The summed E-state index contributed by atoms with van der Waals surface area (Å²) in [4.78, 5) is 48.5. The molecule has 2 saturated carbocycles. The molecule has 12 rings (SSSR count). The number of nitrogens with zero attached hydrogens (tertiary/aromatic N) is 8. The summed E-state index contributed by atoms with van der Waals surface area (Å²) >= 11 is 4.46. The van der Waals surface area contributed by atoms with Crippen LogP contribution in [0, 0.1) is 19.0 Å². The maximum Gasteiger partial charge on any atom is 0.273 e. The van der Waals surface area contributed by atoms with Gasteiger partial charge in [0.05, 0.1) is 54.6 Å². The molecule has 10 aromatic rings. The van der Waals surface area contributed by atoms with Gasteiger partial charge < -0.3 is 42.5 Å². The highest BCUT2D eigenvalue weighted by molar-refractivity contribution is 14.1. The van der Waals surface area contributed by atoms with Crippen LogP contribution in [0.2, 0.25) is 0 Å². The molecule has 0 radical (unpaired) electrons. The van der Waals surface area contributed by atoms with Crippen molar-refractivity contribution in [2.45, 2.75) is 61.4 Å². The molecule has 28 heteroatoms. The molecule has 4 amide bonds. The predicted octanol–water partition coefficient (Wildman–Crippen LogP) is 9.81. The smallest absolute Gasteiger partial charge is 0.273 e. The Balaban J connectivity index is 0.000000151. The van der Waals surface area contributed by atoms with Gasteiger partial charge in [0.15, 0.2) is 42.5 Å². The lowest BCUT2D eigenvalue weighted by molar-refractivity contribution is 0.0950. The fourth-order valence-corrected chi connectivity index (χ4v) is 12.5. The summed E-state index contributed by atoms with van der Waals surface area (Å²) in [5.41, 5.74) is 10.3. The van der Waals surface area contributed by atoms with Crippen LogP contribution in [-0.4, -0.2) is 148 Å². The van der Waals surface area contributed by atoms with Gasteiger partial charge in [-0.25, -0.2) is 16.8 Å². The first-order valence-corrected chi connectivity index (χ1v) is 35.7. The van der Waals surface area contributed by atoms with Crippen LogP contribution < -0.4 is 42.5 Å². The summed E-state index contributed by atoms with van der Waals surface area (Å²) < 4.78 is 48.7. The summed E-state index contributed by atoms with van der Waals surface area (Å²) in [5.74, 6) is 0.239. The highest BCUT2D eigenvalue weighted by Gasteiger charge is 2.31. The van der Waals surface area contributed by atoms with Crippen LogP contribution in [0.3, 0.4) is 0 Å². The molecule has 0 spiro atoms. The normalized spacial score (nSPS) is 13.3. The Hall–Kier alpha value is -8.88. The maximum atomic E-state index is 12.3. The molecule has 488 valence electrons. The SMILES string of the molecule is CNC(=O)c1nnc2cc(-c3ccc(S(C)(=O)=O)cc3)ccc2c1NC.CNC(=O)c1nnc2cc(-c3ccc(S(C)(=O)=O)cc3)ccc2c1N[C@H](C)C1CC1.CNC(=O)c1nnc2cc(I)ccc2c1NC.CNC(=O)c1nnc2cc(I)ccc2c1N[C@H](C)C1CC1. The van der Waals surface area contributed by atoms with Crippen LogP contribution in [0.1, 0.15) is 81.5 Å². The number of aromatic nitrogens is 8. The van der Waals surface area contributed by atoms with Crippen molar-refractivity contribution in [1.82, 2.24) is 62.1 Å². The van der Waals surface area contributed by atoms with Crippen LogP contribution in [-0.2, 0) is 19.7 Å². The third-order valence-corrected chi connectivity index (χ3v) is 19.5. The molecule has 8 N–H and O–H groups in total. The largest absolute Gasteiger partial charge is 0.386 e. The third-order valence-electron chi connectivity index (χ3n) is 15.9. The minimum Gasteiger partial charge on any atom is -0.386 e. The van der Waals surface area contributed by atoms with Crippen LogP contribution >= 0.6 is 45.2 Å². The van der Waals surface area contributed by atoms with Gasteiger partial charge >= 0.3 is 0 Å². The van der Waals surface area contributed by atoms with Crippen LogP contribution in [0.4, 0.5) is 22.7 Å². The van der Waals surface area contributed by atoms with Crippen molar-refractivity contribution in [1.29, 1.82) is 0 Å². The van der Waals surface area contributed by atoms with Crippen molar-refractivity contribution in [2.75, 3.05) is 76.1 Å². The number of carbonyl (C=O) groups is 4. The van der Waals surface area contributed by atoms with E-state index in [1.807, 2.05) is 72.8 Å². The predicted molar refractivity (Wildman–Crippen MR) is 385 cm³/mol. The zero-order valence-corrected chi connectivity index (χ0v) is 59.0. The lowest BCUT2D eigenvalue weighted by atomic mass is 10.0. The van der Waals surface area contributed by atoms with Crippen molar-refractivity contribution >= 4 is 155 Å². The molecule has 4 aromatic heterocycles. The molecule has 0 bridgehead atoms. The summed E-state index contributed by atoms with van der Waals surface area (Å²) in [6, 6.07) is 37.2. The Kier molecular flexibility index (Phi) is 22.2. The number of amides is 4. The van der Waals surface area contributed by atoms with Crippen molar-refractivity contribution in [3.8, 4) is 22.3 Å². The fourth-order valence-electron chi connectivity index (χ4n) is 10.3. The molecule has 2 aliphatic rings. The second-order valence-corrected chi connectivity index (χ2v) is 29.0. The van der Waals surface area contributed by atoms with Gasteiger partial charge in [-0.05, 0) is 204 Å². The molecule has 94 heavy (non-hydrogen) atoms. The quantitative estimate of drug-likeness (QED) is 0.0417. The number of fused-ring (bicyclic) bond motifs is 4. The van der Waals surface area contributed by atoms with Crippen molar-refractivity contribution < 1.29 is 36.0 Å². The minimum absolute atomic E-state index is 0.214. The van der Waals surface area contributed by atoms with E-state index in [9.17, 15) is 36.0 Å². The monoisotopic (exact) mass is 1530 g/mol. The van der Waals surface area contributed by atoms with E-state index < -0.39 is 19.7 Å². The summed E-state index contributed by atoms with van der Waals surface area (Å²) in [5, 5.41) is 59.7. The molecule has 2 fully saturated rings. The number of hydrogen-bond acceptors (Lipinski definition) is 20. The molecule has 0 aliphatic heterocycles. The van der Waals surface area contributed by atoms with E-state index in [1.165, 1.54) is 45.2 Å². The Labute approximate surface area is 571 Å². The molecular formula is C66H70I2N16O8S2. The number of benzene rings is 6. The molecule has 2 aliphatic carbocycles. The fraction of sp³-hybridized carbons (Fsp3) is 0.273. The average Bonchev–Trinajstić information content (AvgIpc) is 0.964. The van der Waals surface area contributed by atoms with Crippen molar-refractivity contribution in [2.24, 2.45) is 11.8 Å². The number of sulfone groups is 2. The number of anilines is 4. The second-order valence-electron chi connectivity index (χ2n) is 22.4. The summed E-state index contributed by atoms with van der Waals surface area (Å²) in [6.07, 6.45) is 7.24. The maximum absolute atomic E-state index is 12.3. The second kappa shape index (κ2) is 30.0. The van der Waals surface area contributed by atoms with Gasteiger partial charge in [-0.1, -0.05) is 36.4 Å². The Bertz CT molecular complexity index is 4770. The van der Waals surface area contributed by atoms with Crippen LogP contribution in [0.15, 0.2) is 131 Å². The van der Waals surface area contributed by atoms with E-state index in [1.54, 1.807) is 83.8 Å². The van der Waals surface area contributed by atoms with Crippen molar-refractivity contribution in [3.05, 3.63) is 151 Å². The Morgan fingerprint density at radius 2 is 0.649 bits per heavy atom. The first kappa shape index (κ1) is 69.5. The van der Waals surface area contributed by atoms with E-state index in [0.29, 0.717) is 57.4 Å². The molecule has 4 heterocycles. The van der Waals surface area contributed by atoms with Gasteiger partial charge in [-0.3, -0.25) is 19.2 Å². The van der Waals surface area contributed by atoms with Crippen LogP contribution in [0.5, 0.6) is 0 Å². The highest BCUT2D eigenvalue weighted by atomic mass is 127. The lowest BCUT2D eigenvalue weighted by Gasteiger charge is -2.18. The van der Waals surface area contributed by atoms with E-state index in [0.717, 1.165) is 67.7 Å². The Morgan fingerprint density at radius 1 is 0.383 bits per heavy atom. The van der Waals surface area contributed by atoms with Gasteiger partial charge in [0.25, 0.3) is 23.6 Å². The van der Waals surface area contributed by atoms with Gasteiger partial charge in [-0.2, -0.15) is 0 Å². The first-order valence-electron chi connectivity index (χ1n) is 29.8. The van der Waals surface area contributed by atoms with Crippen molar-refractivity contribution in [3.63, 3.8) is 0 Å². The molecule has 0 unspecified atom stereocenters.